The van der Waals surface area contributed by atoms with Gasteiger partial charge in [0.15, 0.2) is 0 Å². The van der Waals surface area contributed by atoms with E-state index in [-0.39, 0.29) is 0 Å². The molecular formula is C21H22F2N4OS. The summed E-state index contributed by atoms with van der Waals surface area (Å²) < 4.78 is 22.4. The van der Waals surface area contributed by atoms with E-state index >= 15 is 0 Å². The maximum atomic E-state index is 11.2. The Morgan fingerprint density at radius 1 is 1.21 bits per heavy atom. The summed E-state index contributed by atoms with van der Waals surface area (Å²) in [6.45, 7) is 1.61. The first kappa shape index (κ1) is 21.1. The lowest BCUT2D eigenvalue weighted by Crippen LogP contribution is -2.14. The summed E-state index contributed by atoms with van der Waals surface area (Å²) in [6, 6.07) is 8.12. The SMILES string of the molecule is CC(F)(F)CO.Cc1nc(-c2cccnc2)sc1-c1ccc2c(n1)C(=N)CCC2. The highest BCUT2D eigenvalue weighted by Gasteiger charge is 2.19. The Hall–Kier alpha value is -2.58. The average molecular weight is 416 g/mol. The van der Waals surface area contributed by atoms with E-state index in [0.717, 1.165) is 51.8 Å². The van der Waals surface area contributed by atoms with Crippen LogP contribution in [0.4, 0.5) is 8.78 Å². The number of thiazole rings is 1. The molecule has 0 spiro atoms. The van der Waals surface area contributed by atoms with Crippen molar-refractivity contribution in [2.24, 2.45) is 0 Å². The molecule has 1 aliphatic carbocycles. The van der Waals surface area contributed by atoms with Crippen molar-refractivity contribution < 1.29 is 13.9 Å². The Bertz CT molecular complexity index is 1000. The molecule has 0 aromatic carbocycles. The van der Waals surface area contributed by atoms with Crippen LogP contribution >= 0.6 is 11.3 Å². The number of hydrogen-bond donors (Lipinski definition) is 2. The summed E-state index contributed by atoms with van der Waals surface area (Å²) >= 11 is 1.63. The van der Waals surface area contributed by atoms with Crippen LogP contribution in [0.3, 0.4) is 0 Å². The molecule has 0 fully saturated rings. The predicted molar refractivity (Wildman–Crippen MR) is 111 cm³/mol. The molecule has 2 N–H and O–H groups in total. The third-order valence-electron chi connectivity index (χ3n) is 4.35. The van der Waals surface area contributed by atoms with E-state index in [4.69, 9.17) is 15.5 Å². The fourth-order valence-corrected chi connectivity index (χ4v) is 3.92. The molecule has 3 heterocycles. The molecule has 0 saturated heterocycles. The summed E-state index contributed by atoms with van der Waals surface area (Å²) in [6.07, 6.45) is 6.50. The van der Waals surface area contributed by atoms with E-state index in [9.17, 15) is 8.78 Å². The Morgan fingerprint density at radius 3 is 2.62 bits per heavy atom. The summed E-state index contributed by atoms with van der Waals surface area (Å²) in [5.74, 6) is -2.90. The molecule has 3 aromatic rings. The van der Waals surface area contributed by atoms with Crippen molar-refractivity contribution in [2.75, 3.05) is 6.61 Å². The fraction of sp³-hybridized carbons (Fsp3) is 0.333. The van der Waals surface area contributed by atoms with Gasteiger partial charge in [0, 0.05) is 24.9 Å². The Balaban J connectivity index is 0.000000353. The molecule has 1 aliphatic rings. The number of pyridine rings is 2. The lowest BCUT2D eigenvalue weighted by atomic mass is 9.94. The number of nitrogens with one attached hydrogen (secondary N) is 1. The number of nitrogens with zero attached hydrogens (tertiary/aromatic N) is 3. The lowest BCUT2D eigenvalue weighted by molar-refractivity contribution is -0.0322. The molecule has 0 aliphatic heterocycles. The molecule has 0 atom stereocenters. The van der Waals surface area contributed by atoms with Gasteiger partial charge in [-0.25, -0.2) is 18.7 Å². The van der Waals surface area contributed by atoms with Gasteiger partial charge in [0.2, 0.25) is 0 Å². The van der Waals surface area contributed by atoms with Gasteiger partial charge >= 0.3 is 0 Å². The molecule has 5 nitrogen and oxygen atoms in total. The van der Waals surface area contributed by atoms with Crippen LogP contribution in [0, 0.1) is 12.3 Å². The van der Waals surface area contributed by atoms with Gasteiger partial charge in [-0.05, 0) is 49.9 Å². The summed E-state index contributed by atoms with van der Waals surface area (Å²) in [5.41, 5.74) is 5.63. The van der Waals surface area contributed by atoms with Crippen molar-refractivity contribution in [3.8, 4) is 21.1 Å². The number of aliphatic hydroxyl groups excluding tert-OH is 1. The van der Waals surface area contributed by atoms with Crippen LogP contribution in [0.2, 0.25) is 0 Å². The van der Waals surface area contributed by atoms with Gasteiger partial charge in [-0.1, -0.05) is 6.07 Å². The second-order valence-corrected chi connectivity index (χ2v) is 7.94. The number of halogens is 2. The molecular weight excluding hydrogens is 394 g/mol. The zero-order valence-corrected chi connectivity index (χ0v) is 17.1. The van der Waals surface area contributed by atoms with Crippen LogP contribution in [0.15, 0.2) is 36.7 Å². The standard InChI is InChI=1S/C18H16N4S.C3H6F2O/c1-11-17(23-18(21-11)13-5-3-9-20-10-13)15-8-7-12-4-2-6-14(19)16(12)22-15;1-3(4,5)2-6/h3,5,7-10,19H,2,4,6H2,1H3;6H,2H2,1H3. The van der Waals surface area contributed by atoms with Crippen LogP contribution in [-0.4, -0.2) is 38.3 Å². The van der Waals surface area contributed by atoms with Gasteiger partial charge in [-0.15, -0.1) is 11.3 Å². The summed E-state index contributed by atoms with van der Waals surface area (Å²) in [7, 11) is 0. The van der Waals surface area contributed by atoms with Gasteiger partial charge in [-0.2, -0.15) is 0 Å². The normalized spacial score (nSPS) is 13.5. The number of fused-ring (bicyclic) bond motifs is 1. The van der Waals surface area contributed by atoms with Crippen LogP contribution in [0.5, 0.6) is 0 Å². The smallest absolute Gasteiger partial charge is 0.267 e. The molecule has 0 radical (unpaired) electrons. The maximum Gasteiger partial charge on any atom is 0.267 e. The van der Waals surface area contributed by atoms with Crippen LogP contribution in [0.1, 0.15) is 36.7 Å². The lowest BCUT2D eigenvalue weighted by Gasteiger charge is -2.16. The van der Waals surface area contributed by atoms with Crippen molar-refractivity contribution in [2.45, 2.75) is 39.0 Å². The molecule has 152 valence electrons. The first-order valence-electron chi connectivity index (χ1n) is 9.23. The molecule has 8 heteroatoms. The Labute approximate surface area is 172 Å². The number of alkyl halides is 2. The zero-order valence-electron chi connectivity index (χ0n) is 16.2. The van der Waals surface area contributed by atoms with Gasteiger partial charge < -0.3 is 10.5 Å². The maximum absolute atomic E-state index is 11.2. The highest BCUT2D eigenvalue weighted by Crippen LogP contribution is 2.35. The minimum absolute atomic E-state index is 0.655. The first-order valence-corrected chi connectivity index (χ1v) is 10.0. The number of aromatic nitrogens is 3. The highest BCUT2D eigenvalue weighted by molar-refractivity contribution is 7.18. The molecule has 4 rings (SSSR count). The minimum Gasteiger partial charge on any atom is -0.390 e. The first-order chi connectivity index (χ1) is 13.8. The molecule has 29 heavy (non-hydrogen) atoms. The van der Waals surface area contributed by atoms with E-state index in [0.29, 0.717) is 12.6 Å². The predicted octanol–water partition coefficient (Wildman–Crippen LogP) is 4.91. The summed E-state index contributed by atoms with van der Waals surface area (Å²) in [5, 5.41) is 16.8. The van der Waals surface area contributed by atoms with Crippen molar-refractivity contribution in [3.05, 3.63) is 53.6 Å². The monoisotopic (exact) mass is 416 g/mol. The van der Waals surface area contributed by atoms with E-state index < -0.39 is 12.5 Å². The van der Waals surface area contributed by atoms with E-state index in [2.05, 4.69) is 22.1 Å². The quantitative estimate of drug-likeness (QED) is 0.635. The van der Waals surface area contributed by atoms with Crippen molar-refractivity contribution in [1.29, 1.82) is 5.41 Å². The zero-order chi connectivity index (χ0) is 21.0. The topological polar surface area (TPSA) is 82.8 Å². The third kappa shape index (κ3) is 5.27. The number of hydrogen-bond acceptors (Lipinski definition) is 6. The van der Waals surface area contributed by atoms with Gasteiger partial charge in [-0.3, -0.25) is 4.98 Å². The van der Waals surface area contributed by atoms with Crippen molar-refractivity contribution in [3.63, 3.8) is 0 Å². The Morgan fingerprint density at radius 2 is 1.97 bits per heavy atom. The molecule has 0 unspecified atom stereocenters. The average Bonchev–Trinajstić information content (AvgIpc) is 3.10. The number of aliphatic hydroxyl groups is 1. The van der Waals surface area contributed by atoms with Crippen molar-refractivity contribution in [1.82, 2.24) is 15.0 Å². The van der Waals surface area contributed by atoms with Gasteiger partial charge in [0.05, 0.1) is 27.7 Å². The highest BCUT2D eigenvalue weighted by atomic mass is 32.1. The molecule has 0 saturated carbocycles. The second kappa shape index (κ2) is 8.84. The van der Waals surface area contributed by atoms with E-state index in [1.165, 1.54) is 5.56 Å². The third-order valence-corrected chi connectivity index (χ3v) is 5.58. The van der Waals surface area contributed by atoms with Crippen LogP contribution in [-0.2, 0) is 6.42 Å². The minimum atomic E-state index is -2.90. The number of rotatable bonds is 3. The fourth-order valence-electron chi connectivity index (χ4n) is 2.90. The molecule has 0 amide bonds. The molecule has 3 aromatic heterocycles. The van der Waals surface area contributed by atoms with Crippen LogP contribution < -0.4 is 0 Å². The second-order valence-electron chi connectivity index (χ2n) is 6.94. The van der Waals surface area contributed by atoms with Gasteiger partial charge in [0.25, 0.3) is 5.92 Å². The van der Waals surface area contributed by atoms with Crippen LogP contribution in [0.25, 0.3) is 21.1 Å². The number of aryl methyl sites for hydroxylation is 2. The van der Waals surface area contributed by atoms with Crippen molar-refractivity contribution >= 4 is 17.0 Å². The van der Waals surface area contributed by atoms with E-state index in [1.807, 2.05) is 25.3 Å². The Kier molecular flexibility index (Phi) is 6.44. The van der Waals surface area contributed by atoms with Gasteiger partial charge in [0.1, 0.15) is 11.6 Å². The largest absolute Gasteiger partial charge is 0.390 e. The molecule has 0 bridgehead atoms. The van der Waals surface area contributed by atoms with E-state index in [1.54, 1.807) is 17.5 Å². The summed E-state index contributed by atoms with van der Waals surface area (Å²) in [4.78, 5) is 14.7.